The van der Waals surface area contributed by atoms with Gasteiger partial charge in [-0.2, -0.15) is 0 Å². The van der Waals surface area contributed by atoms with Crippen molar-refractivity contribution in [3.8, 4) is 5.69 Å². The molecule has 0 saturated carbocycles. The Morgan fingerprint density at radius 1 is 1.07 bits per heavy atom. The van der Waals surface area contributed by atoms with Gasteiger partial charge in [0, 0.05) is 44.0 Å². The van der Waals surface area contributed by atoms with Crippen LogP contribution in [0.1, 0.15) is 23.4 Å². The van der Waals surface area contributed by atoms with Crippen molar-refractivity contribution in [2.45, 2.75) is 32.9 Å². The second-order valence-electron chi connectivity index (χ2n) is 7.82. The monoisotopic (exact) mass is 387 g/mol. The van der Waals surface area contributed by atoms with Gasteiger partial charge in [0.1, 0.15) is 0 Å². The van der Waals surface area contributed by atoms with Gasteiger partial charge in [-0.25, -0.2) is 9.78 Å². The van der Waals surface area contributed by atoms with E-state index in [1.807, 2.05) is 35.2 Å². The average molecular weight is 387 g/mol. The van der Waals surface area contributed by atoms with Crippen LogP contribution in [0.2, 0.25) is 0 Å². The van der Waals surface area contributed by atoms with Crippen LogP contribution in [0.5, 0.6) is 0 Å². The molecule has 29 heavy (non-hydrogen) atoms. The van der Waals surface area contributed by atoms with Crippen LogP contribution in [0.3, 0.4) is 0 Å². The second-order valence-corrected chi connectivity index (χ2v) is 7.82. The molecule has 5 rings (SSSR count). The lowest BCUT2D eigenvalue weighted by Gasteiger charge is -2.27. The number of H-pyrrole nitrogens is 1. The van der Waals surface area contributed by atoms with Crippen molar-refractivity contribution in [2.24, 2.45) is 0 Å². The van der Waals surface area contributed by atoms with Crippen LogP contribution in [0.15, 0.2) is 59.7 Å². The molecule has 0 fully saturated rings. The summed E-state index contributed by atoms with van der Waals surface area (Å²) in [6.07, 6.45) is 3.89. The van der Waals surface area contributed by atoms with Gasteiger partial charge in [0.15, 0.2) is 0 Å². The number of para-hydroxylation sites is 2. The van der Waals surface area contributed by atoms with E-state index in [0.717, 1.165) is 50.1 Å². The smallest absolute Gasteiger partial charge is 0.306 e. The molecule has 0 amide bonds. The van der Waals surface area contributed by atoms with Gasteiger partial charge >= 0.3 is 5.69 Å². The van der Waals surface area contributed by atoms with E-state index in [2.05, 4.69) is 50.6 Å². The van der Waals surface area contributed by atoms with E-state index in [1.165, 1.54) is 22.6 Å². The third-order valence-electron chi connectivity index (χ3n) is 5.84. The third kappa shape index (κ3) is 3.40. The standard InChI is InChI=1S/C23H25N5O/c1-17-7-9-18(10-8-17)28-16-24-20-15-26(14-11-22(20)28)12-4-13-27-21-6-3-2-5-19(21)25-23(27)29/h2-3,5-10,16H,4,11-15H2,1H3,(H,25,29). The van der Waals surface area contributed by atoms with Crippen molar-refractivity contribution in [3.63, 3.8) is 0 Å². The Hall–Kier alpha value is -3.12. The molecule has 148 valence electrons. The van der Waals surface area contributed by atoms with E-state index >= 15 is 0 Å². The first kappa shape index (κ1) is 17.9. The maximum Gasteiger partial charge on any atom is 0.326 e. The first-order valence-corrected chi connectivity index (χ1v) is 10.2. The zero-order valence-corrected chi connectivity index (χ0v) is 16.6. The lowest BCUT2D eigenvalue weighted by atomic mass is 10.1. The molecule has 2 aromatic carbocycles. The van der Waals surface area contributed by atoms with Crippen LogP contribution in [0.4, 0.5) is 0 Å². The molecule has 4 aromatic rings. The van der Waals surface area contributed by atoms with Crippen LogP contribution in [0, 0.1) is 6.92 Å². The zero-order valence-electron chi connectivity index (χ0n) is 16.6. The summed E-state index contributed by atoms with van der Waals surface area (Å²) in [5.41, 5.74) is 6.79. The molecule has 6 heteroatoms. The minimum atomic E-state index is -0.0241. The van der Waals surface area contributed by atoms with Gasteiger partial charge < -0.3 is 9.55 Å². The molecule has 1 N–H and O–H groups in total. The number of nitrogens with one attached hydrogen (secondary N) is 1. The third-order valence-corrected chi connectivity index (χ3v) is 5.84. The normalized spacial score (nSPS) is 14.4. The van der Waals surface area contributed by atoms with Crippen molar-refractivity contribution in [1.29, 1.82) is 0 Å². The molecule has 1 aliphatic rings. The number of fused-ring (bicyclic) bond motifs is 2. The second kappa shape index (κ2) is 7.37. The molecule has 1 aliphatic heterocycles. The number of imidazole rings is 2. The number of nitrogens with zero attached hydrogens (tertiary/aromatic N) is 4. The molecule has 0 saturated heterocycles. The number of aromatic amines is 1. The summed E-state index contributed by atoms with van der Waals surface area (Å²) in [5.74, 6) is 0. The SMILES string of the molecule is Cc1ccc(-n2cnc3c2CCN(CCCn2c(=O)[nH]c4ccccc42)C3)cc1. The Morgan fingerprint density at radius 2 is 1.90 bits per heavy atom. The molecule has 0 atom stereocenters. The molecular weight excluding hydrogens is 362 g/mol. The molecule has 0 aliphatic carbocycles. The highest BCUT2D eigenvalue weighted by atomic mass is 16.1. The highest BCUT2D eigenvalue weighted by Gasteiger charge is 2.21. The number of rotatable bonds is 5. The van der Waals surface area contributed by atoms with Gasteiger partial charge in [-0.05, 0) is 37.6 Å². The van der Waals surface area contributed by atoms with Gasteiger partial charge in [-0.1, -0.05) is 29.8 Å². The van der Waals surface area contributed by atoms with Crippen molar-refractivity contribution in [2.75, 3.05) is 13.1 Å². The number of aryl methyl sites for hydroxylation is 2. The Bertz CT molecular complexity index is 1200. The van der Waals surface area contributed by atoms with Crippen LogP contribution in [0.25, 0.3) is 16.7 Å². The van der Waals surface area contributed by atoms with Crippen LogP contribution in [-0.4, -0.2) is 37.1 Å². The summed E-state index contributed by atoms with van der Waals surface area (Å²) in [6, 6.07) is 16.5. The van der Waals surface area contributed by atoms with Gasteiger partial charge in [-0.15, -0.1) is 0 Å². The number of hydrogen-bond donors (Lipinski definition) is 1. The van der Waals surface area contributed by atoms with Gasteiger partial charge in [0.25, 0.3) is 0 Å². The number of aromatic nitrogens is 4. The summed E-state index contributed by atoms with van der Waals surface area (Å²) in [5, 5.41) is 0. The maximum absolute atomic E-state index is 12.2. The van der Waals surface area contributed by atoms with Crippen molar-refractivity contribution in [3.05, 3.63) is 82.3 Å². The van der Waals surface area contributed by atoms with Crippen LogP contribution < -0.4 is 5.69 Å². The summed E-state index contributed by atoms with van der Waals surface area (Å²) < 4.78 is 4.06. The topological polar surface area (TPSA) is 58.9 Å². The van der Waals surface area contributed by atoms with E-state index in [1.54, 1.807) is 0 Å². The molecule has 6 nitrogen and oxygen atoms in total. The molecular formula is C23H25N5O. The van der Waals surface area contributed by atoms with Crippen LogP contribution in [-0.2, 0) is 19.5 Å². The highest BCUT2D eigenvalue weighted by molar-refractivity contribution is 5.74. The van der Waals surface area contributed by atoms with Crippen molar-refractivity contribution < 1.29 is 0 Å². The fourth-order valence-corrected chi connectivity index (χ4v) is 4.26. The Labute approximate surface area is 169 Å². The number of benzene rings is 2. The van der Waals surface area contributed by atoms with Crippen LogP contribution >= 0.6 is 0 Å². The molecule has 0 radical (unpaired) electrons. The van der Waals surface area contributed by atoms with Gasteiger partial charge in [0.05, 0.1) is 23.1 Å². The average Bonchev–Trinajstić information content (AvgIpc) is 3.29. The quantitative estimate of drug-likeness (QED) is 0.572. The zero-order chi connectivity index (χ0) is 19.8. The molecule has 0 unspecified atom stereocenters. The first-order valence-electron chi connectivity index (χ1n) is 10.2. The van der Waals surface area contributed by atoms with Crippen molar-refractivity contribution >= 4 is 11.0 Å². The minimum absolute atomic E-state index is 0.0241. The van der Waals surface area contributed by atoms with E-state index in [0.29, 0.717) is 0 Å². The van der Waals surface area contributed by atoms with E-state index in [-0.39, 0.29) is 5.69 Å². The molecule has 0 spiro atoms. The van der Waals surface area contributed by atoms with E-state index in [9.17, 15) is 4.79 Å². The number of hydrogen-bond acceptors (Lipinski definition) is 3. The summed E-state index contributed by atoms with van der Waals surface area (Å²) in [7, 11) is 0. The first-order chi connectivity index (χ1) is 14.2. The fraction of sp³-hybridized carbons (Fsp3) is 0.304. The van der Waals surface area contributed by atoms with Gasteiger partial charge in [0.2, 0.25) is 0 Å². The fourth-order valence-electron chi connectivity index (χ4n) is 4.26. The predicted molar refractivity (Wildman–Crippen MR) is 114 cm³/mol. The Morgan fingerprint density at radius 3 is 2.76 bits per heavy atom. The summed E-state index contributed by atoms with van der Waals surface area (Å²) in [6.45, 7) is 5.69. The largest absolute Gasteiger partial charge is 0.326 e. The van der Waals surface area contributed by atoms with E-state index in [4.69, 9.17) is 0 Å². The maximum atomic E-state index is 12.2. The summed E-state index contributed by atoms with van der Waals surface area (Å²) >= 11 is 0. The minimum Gasteiger partial charge on any atom is -0.306 e. The molecule has 2 aromatic heterocycles. The molecule has 3 heterocycles. The molecule has 0 bridgehead atoms. The van der Waals surface area contributed by atoms with E-state index < -0.39 is 0 Å². The Balaban J connectivity index is 1.24. The Kier molecular flexibility index (Phi) is 4.56. The van der Waals surface area contributed by atoms with Crippen molar-refractivity contribution in [1.82, 2.24) is 24.0 Å². The lowest BCUT2D eigenvalue weighted by molar-refractivity contribution is 0.242. The predicted octanol–water partition coefficient (Wildman–Crippen LogP) is 3.27. The lowest BCUT2D eigenvalue weighted by Crippen LogP contribution is -2.33. The summed E-state index contributed by atoms with van der Waals surface area (Å²) in [4.78, 5) is 22.3. The van der Waals surface area contributed by atoms with Gasteiger partial charge in [-0.3, -0.25) is 9.47 Å². The highest BCUT2D eigenvalue weighted by Crippen LogP contribution is 2.22.